The van der Waals surface area contributed by atoms with Gasteiger partial charge in [0.05, 0.1) is 0 Å². The predicted molar refractivity (Wildman–Crippen MR) is 85.7 cm³/mol. The Morgan fingerprint density at radius 2 is 1.82 bits per heavy atom. The summed E-state index contributed by atoms with van der Waals surface area (Å²) in [5.74, 6) is -0.666. The maximum atomic E-state index is 13.6. The van der Waals surface area contributed by atoms with Gasteiger partial charge in [-0.15, -0.1) is 0 Å². The minimum atomic E-state index is -0.738. The highest BCUT2D eigenvalue weighted by Crippen LogP contribution is 2.19. The molecule has 0 saturated carbocycles. The lowest BCUT2D eigenvalue weighted by atomic mass is 10.1. The largest absolute Gasteiger partial charge is 0.478 e. The molecule has 4 heteroatoms. The number of amides is 1. The predicted octanol–water partition coefficient (Wildman–Crippen LogP) is 4.24. The molecule has 0 spiro atoms. The van der Waals surface area contributed by atoms with E-state index in [0.29, 0.717) is 6.42 Å². The van der Waals surface area contributed by atoms with E-state index in [0.717, 1.165) is 16.8 Å². The monoisotopic (exact) mass is 301 g/mol. The van der Waals surface area contributed by atoms with Gasteiger partial charge in [-0.3, -0.25) is 4.79 Å². The van der Waals surface area contributed by atoms with Crippen LogP contribution in [0.15, 0.2) is 42.5 Å². The van der Waals surface area contributed by atoms with Crippen molar-refractivity contribution in [2.75, 3.05) is 5.32 Å². The van der Waals surface area contributed by atoms with Crippen molar-refractivity contribution in [3.05, 3.63) is 59.4 Å². The van der Waals surface area contributed by atoms with E-state index in [9.17, 15) is 9.18 Å². The van der Waals surface area contributed by atoms with Crippen LogP contribution in [0.2, 0.25) is 0 Å². The molecule has 0 aliphatic heterocycles. The Hall–Kier alpha value is -2.36. The number of hydrogen-bond donors (Lipinski definition) is 1. The SMILES string of the molecule is CCC(Oc1ccccc1F)C(=O)Nc1cc(C)cc(C)c1. The lowest BCUT2D eigenvalue weighted by Crippen LogP contribution is -2.32. The number of ether oxygens (including phenoxy) is 1. The molecule has 1 amide bonds. The molecule has 116 valence electrons. The molecule has 1 N–H and O–H groups in total. The van der Waals surface area contributed by atoms with Crippen molar-refractivity contribution in [3.63, 3.8) is 0 Å². The van der Waals surface area contributed by atoms with Crippen LogP contribution in [-0.4, -0.2) is 12.0 Å². The zero-order valence-electron chi connectivity index (χ0n) is 13.0. The van der Waals surface area contributed by atoms with E-state index in [-0.39, 0.29) is 11.7 Å². The van der Waals surface area contributed by atoms with Crippen molar-refractivity contribution in [1.29, 1.82) is 0 Å². The molecule has 0 heterocycles. The van der Waals surface area contributed by atoms with Crippen molar-refractivity contribution in [3.8, 4) is 5.75 Å². The molecule has 2 rings (SSSR count). The number of halogens is 1. The summed E-state index contributed by atoms with van der Waals surface area (Å²) in [6, 6.07) is 11.9. The van der Waals surface area contributed by atoms with Crippen LogP contribution in [0.1, 0.15) is 24.5 Å². The number of carbonyl (C=O) groups excluding carboxylic acids is 1. The standard InChI is InChI=1S/C18H20FNO2/c1-4-16(22-17-8-6-5-7-15(17)19)18(21)20-14-10-12(2)9-13(3)11-14/h5-11,16H,4H2,1-3H3,(H,20,21). The fourth-order valence-electron chi connectivity index (χ4n) is 2.29. The van der Waals surface area contributed by atoms with Crippen LogP contribution in [0.25, 0.3) is 0 Å². The number of benzene rings is 2. The molecule has 22 heavy (non-hydrogen) atoms. The van der Waals surface area contributed by atoms with Crippen molar-refractivity contribution in [2.24, 2.45) is 0 Å². The second-order valence-electron chi connectivity index (χ2n) is 5.31. The second kappa shape index (κ2) is 7.07. The Labute approximate surface area is 130 Å². The van der Waals surface area contributed by atoms with Gasteiger partial charge in [0.25, 0.3) is 5.91 Å². The van der Waals surface area contributed by atoms with Gasteiger partial charge < -0.3 is 10.1 Å². The van der Waals surface area contributed by atoms with Crippen molar-refractivity contribution < 1.29 is 13.9 Å². The van der Waals surface area contributed by atoms with Crippen LogP contribution in [-0.2, 0) is 4.79 Å². The molecule has 0 aliphatic rings. The quantitative estimate of drug-likeness (QED) is 0.897. The maximum Gasteiger partial charge on any atom is 0.265 e. The molecule has 0 aromatic heterocycles. The molecule has 0 fully saturated rings. The molecular weight excluding hydrogens is 281 g/mol. The van der Waals surface area contributed by atoms with Crippen LogP contribution in [0.4, 0.5) is 10.1 Å². The van der Waals surface area contributed by atoms with Crippen molar-refractivity contribution >= 4 is 11.6 Å². The van der Waals surface area contributed by atoms with Gasteiger partial charge in [0.1, 0.15) is 0 Å². The summed E-state index contributed by atoms with van der Waals surface area (Å²) < 4.78 is 19.1. The third kappa shape index (κ3) is 4.07. The Bertz CT molecular complexity index is 650. The second-order valence-corrected chi connectivity index (χ2v) is 5.31. The summed E-state index contributed by atoms with van der Waals surface area (Å²) in [6.07, 6.45) is -0.289. The first kappa shape index (κ1) is 16.0. The van der Waals surface area contributed by atoms with E-state index < -0.39 is 11.9 Å². The molecule has 0 aliphatic carbocycles. The minimum Gasteiger partial charge on any atom is -0.478 e. The molecule has 0 radical (unpaired) electrons. The number of rotatable bonds is 5. The summed E-state index contributed by atoms with van der Waals surface area (Å²) in [5.41, 5.74) is 2.86. The van der Waals surface area contributed by atoms with Crippen LogP contribution in [0.5, 0.6) is 5.75 Å². The lowest BCUT2D eigenvalue weighted by molar-refractivity contribution is -0.122. The Balaban J connectivity index is 2.10. The van der Waals surface area contributed by atoms with Gasteiger partial charge in [0, 0.05) is 5.69 Å². The average Bonchev–Trinajstić information content (AvgIpc) is 2.45. The third-order valence-corrected chi connectivity index (χ3v) is 3.26. The zero-order chi connectivity index (χ0) is 16.1. The van der Waals surface area contributed by atoms with Gasteiger partial charge in [0.2, 0.25) is 0 Å². The summed E-state index contributed by atoms with van der Waals surface area (Å²) >= 11 is 0. The Kier molecular flexibility index (Phi) is 5.15. The molecule has 0 bridgehead atoms. The Morgan fingerprint density at radius 1 is 1.18 bits per heavy atom. The number of hydrogen-bond acceptors (Lipinski definition) is 2. The summed E-state index contributed by atoms with van der Waals surface area (Å²) in [4.78, 5) is 12.3. The molecule has 3 nitrogen and oxygen atoms in total. The fraction of sp³-hybridized carbons (Fsp3) is 0.278. The number of carbonyl (C=O) groups is 1. The average molecular weight is 301 g/mol. The van der Waals surface area contributed by atoms with Gasteiger partial charge in [-0.2, -0.15) is 0 Å². The molecule has 0 saturated heterocycles. The first-order valence-corrected chi connectivity index (χ1v) is 7.30. The van der Waals surface area contributed by atoms with E-state index in [2.05, 4.69) is 5.32 Å². The van der Waals surface area contributed by atoms with Crippen molar-refractivity contribution in [2.45, 2.75) is 33.3 Å². The van der Waals surface area contributed by atoms with Crippen LogP contribution < -0.4 is 10.1 Å². The zero-order valence-corrected chi connectivity index (χ0v) is 13.0. The van der Waals surface area contributed by atoms with E-state index in [1.54, 1.807) is 12.1 Å². The lowest BCUT2D eigenvalue weighted by Gasteiger charge is -2.18. The van der Waals surface area contributed by atoms with Gasteiger partial charge in [-0.25, -0.2) is 4.39 Å². The minimum absolute atomic E-state index is 0.0879. The van der Waals surface area contributed by atoms with Gasteiger partial charge >= 0.3 is 0 Å². The number of aryl methyl sites for hydroxylation is 2. The van der Waals surface area contributed by atoms with E-state index >= 15 is 0 Å². The number of anilines is 1. The van der Waals surface area contributed by atoms with E-state index in [1.165, 1.54) is 12.1 Å². The highest BCUT2D eigenvalue weighted by atomic mass is 19.1. The number of nitrogens with one attached hydrogen (secondary N) is 1. The van der Waals surface area contributed by atoms with Crippen LogP contribution in [0, 0.1) is 19.7 Å². The fourth-order valence-corrected chi connectivity index (χ4v) is 2.29. The number of para-hydroxylation sites is 1. The van der Waals surface area contributed by atoms with Gasteiger partial charge in [-0.05, 0) is 55.7 Å². The Morgan fingerprint density at radius 3 is 2.41 bits per heavy atom. The van der Waals surface area contributed by atoms with Gasteiger partial charge in [0.15, 0.2) is 17.7 Å². The molecule has 1 atom stereocenters. The summed E-state index contributed by atoms with van der Waals surface area (Å²) in [7, 11) is 0. The first-order chi connectivity index (χ1) is 10.5. The van der Waals surface area contributed by atoms with Crippen LogP contribution >= 0.6 is 0 Å². The van der Waals surface area contributed by atoms with E-state index in [1.807, 2.05) is 39.0 Å². The highest BCUT2D eigenvalue weighted by molar-refractivity contribution is 5.94. The maximum absolute atomic E-state index is 13.6. The summed E-state index contributed by atoms with van der Waals surface area (Å²) in [6.45, 7) is 5.76. The van der Waals surface area contributed by atoms with E-state index in [4.69, 9.17) is 4.74 Å². The third-order valence-electron chi connectivity index (χ3n) is 3.26. The highest BCUT2D eigenvalue weighted by Gasteiger charge is 2.20. The molecule has 1 unspecified atom stereocenters. The molecule has 2 aromatic carbocycles. The van der Waals surface area contributed by atoms with Gasteiger partial charge in [-0.1, -0.05) is 25.1 Å². The molecular formula is C18H20FNO2. The van der Waals surface area contributed by atoms with Crippen molar-refractivity contribution in [1.82, 2.24) is 0 Å². The molecule has 2 aromatic rings. The summed E-state index contributed by atoms with van der Waals surface area (Å²) in [5, 5.41) is 2.83. The van der Waals surface area contributed by atoms with Crippen LogP contribution in [0.3, 0.4) is 0 Å². The first-order valence-electron chi connectivity index (χ1n) is 7.30. The topological polar surface area (TPSA) is 38.3 Å². The normalized spacial score (nSPS) is 11.8. The smallest absolute Gasteiger partial charge is 0.265 e.